The molecule has 0 fully saturated rings. The molecule has 2 heterocycles. The summed E-state index contributed by atoms with van der Waals surface area (Å²) in [6.07, 6.45) is 0. The Hall–Kier alpha value is -2.28. The fourth-order valence-electron chi connectivity index (χ4n) is 1.26. The summed E-state index contributed by atoms with van der Waals surface area (Å²) in [4.78, 5) is 43.3. The number of ether oxygens (including phenoxy) is 2. The van der Waals surface area contributed by atoms with Crippen LogP contribution in [0.25, 0.3) is 0 Å². The lowest BCUT2D eigenvalue weighted by atomic mass is 10.6. The molecule has 0 spiro atoms. The molecular weight excluding hydrogens is 462 g/mol. The first-order valence-corrected chi connectivity index (χ1v) is 8.50. The van der Waals surface area contributed by atoms with Crippen LogP contribution in [0.3, 0.4) is 0 Å². The second kappa shape index (κ2) is 12.2. The maximum atomic E-state index is 10.7. The van der Waals surface area contributed by atoms with E-state index in [9.17, 15) is 9.59 Å². The van der Waals surface area contributed by atoms with Gasteiger partial charge in [-0.3, -0.25) is 9.59 Å². The van der Waals surface area contributed by atoms with E-state index in [4.69, 9.17) is 46.4 Å². The van der Waals surface area contributed by atoms with Crippen LogP contribution in [-0.2, 0) is 19.1 Å². The first-order valence-electron chi connectivity index (χ1n) is 6.99. The van der Waals surface area contributed by atoms with Crippen molar-refractivity contribution in [1.82, 2.24) is 29.9 Å². The van der Waals surface area contributed by atoms with E-state index >= 15 is 0 Å². The van der Waals surface area contributed by atoms with Gasteiger partial charge in [0.15, 0.2) is 0 Å². The zero-order valence-electron chi connectivity index (χ0n) is 14.2. The van der Waals surface area contributed by atoms with E-state index in [1.54, 1.807) is 0 Å². The minimum Gasteiger partial charge on any atom is -0.468 e. The molecule has 0 unspecified atom stereocenters. The van der Waals surface area contributed by atoms with Crippen LogP contribution in [0, 0.1) is 0 Å². The molecule has 2 aromatic rings. The number of methoxy groups -OCH3 is 2. The van der Waals surface area contributed by atoms with Crippen LogP contribution < -0.4 is 10.6 Å². The molecule has 2 aromatic heterocycles. The van der Waals surface area contributed by atoms with Crippen LogP contribution in [-0.4, -0.2) is 69.2 Å². The van der Waals surface area contributed by atoms with E-state index in [0.29, 0.717) is 0 Å². The molecule has 0 amide bonds. The van der Waals surface area contributed by atoms with Gasteiger partial charge in [-0.15, -0.1) is 0 Å². The number of carbonyl (C=O) groups is 2. The number of rotatable bonds is 6. The highest BCUT2D eigenvalue weighted by molar-refractivity contribution is 6.31. The summed E-state index contributed by atoms with van der Waals surface area (Å²) in [5.41, 5.74) is 0. The number of esters is 2. The third-order valence-corrected chi connectivity index (χ3v) is 3.07. The summed E-state index contributed by atoms with van der Waals surface area (Å²) < 4.78 is 8.79. The molecule has 0 saturated heterocycles. The Bertz CT molecular complexity index is 720. The van der Waals surface area contributed by atoms with Gasteiger partial charge in [-0.1, -0.05) is 0 Å². The SMILES string of the molecule is COC(=O)CNc1nc(Cl)nc(Cl)n1.COC(=O)CNc1nc(Cl)nc(Cl)n1. The highest BCUT2D eigenvalue weighted by Gasteiger charge is 2.06. The van der Waals surface area contributed by atoms with E-state index in [0.717, 1.165) is 0 Å². The van der Waals surface area contributed by atoms with Crippen molar-refractivity contribution in [2.75, 3.05) is 37.9 Å². The molecule has 28 heavy (non-hydrogen) atoms. The van der Waals surface area contributed by atoms with Gasteiger partial charge < -0.3 is 20.1 Å². The Labute approximate surface area is 178 Å². The van der Waals surface area contributed by atoms with Gasteiger partial charge in [-0.2, -0.15) is 29.9 Å². The number of nitrogens with zero attached hydrogens (tertiary/aromatic N) is 6. The Morgan fingerprint density at radius 3 is 1.21 bits per heavy atom. The molecule has 0 atom stereocenters. The molecule has 0 aliphatic carbocycles. The Morgan fingerprint density at radius 1 is 0.679 bits per heavy atom. The minimum absolute atomic E-state index is 0.0441. The van der Waals surface area contributed by atoms with E-state index in [-0.39, 0.29) is 46.1 Å². The van der Waals surface area contributed by atoms with Gasteiger partial charge in [0.1, 0.15) is 13.1 Å². The molecule has 0 aromatic carbocycles. The lowest BCUT2D eigenvalue weighted by Crippen LogP contribution is -2.16. The first kappa shape index (κ1) is 23.8. The number of hydrogen-bond acceptors (Lipinski definition) is 12. The van der Waals surface area contributed by atoms with Crippen LogP contribution in [0.5, 0.6) is 0 Å². The molecule has 0 aliphatic heterocycles. The maximum absolute atomic E-state index is 10.7. The standard InChI is InChI=1S/2C6H6Cl2N4O2/c2*1-14-3(13)2-9-6-11-4(7)10-5(8)12-6/h2*2H2,1H3,(H,9,10,11,12). The normalized spacial score (nSPS) is 9.64. The minimum atomic E-state index is -0.447. The summed E-state index contributed by atoms with van der Waals surface area (Å²) in [6.45, 7) is -0.125. The summed E-state index contributed by atoms with van der Waals surface area (Å²) in [5, 5.41) is 4.97. The number of carbonyl (C=O) groups excluding carboxylic acids is 2. The fourth-order valence-corrected chi connectivity index (χ4v) is 1.98. The summed E-state index contributed by atoms with van der Waals surface area (Å²) in [6, 6.07) is 0. The third kappa shape index (κ3) is 9.60. The van der Waals surface area contributed by atoms with Gasteiger partial charge in [-0.05, 0) is 46.4 Å². The predicted octanol–water partition coefficient (Wildman–Crippen LogP) is 1.53. The highest BCUT2D eigenvalue weighted by Crippen LogP contribution is 2.09. The van der Waals surface area contributed by atoms with Gasteiger partial charge in [0, 0.05) is 0 Å². The van der Waals surface area contributed by atoms with E-state index < -0.39 is 11.9 Å². The van der Waals surface area contributed by atoms with Gasteiger partial charge in [0.05, 0.1) is 14.2 Å². The zero-order valence-corrected chi connectivity index (χ0v) is 17.3. The molecule has 12 nitrogen and oxygen atoms in total. The van der Waals surface area contributed by atoms with Crippen molar-refractivity contribution in [3.05, 3.63) is 21.1 Å². The molecule has 0 bridgehead atoms. The van der Waals surface area contributed by atoms with Crippen molar-refractivity contribution in [3.63, 3.8) is 0 Å². The van der Waals surface area contributed by atoms with Gasteiger partial charge >= 0.3 is 11.9 Å². The first-order chi connectivity index (χ1) is 13.2. The number of nitrogens with one attached hydrogen (secondary N) is 2. The largest absolute Gasteiger partial charge is 0.468 e. The average Bonchev–Trinajstić information content (AvgIpc) is 2.63. The molecule has 152 valence electrons. The van der Waals surface area contributed by atoms with Crippen LogP contribution >= 0.6 is 46.4 Å². The summed E-state index contributed by atoms with van der Waals surface area (Å²) in [7, 11) is 2.55. The van der Waals surface area contributed by atoms with Crippen molar-refractivity contribution in [3.8, 4) is 0 Å². The molecule has 2 rings (SSSR count). The van der Waals surface area contributed by atoms with Crippen molar-refractivity contribution < 1.29 is 19.1 Å². The van der Waals surface area contributed by atoms with Crippen LogP contribution in [0.4, 0.5) is 11.9 Å². The van der Waals surface area contributed by atoms with Crippen LogP contribution in [0.2, 0.25) is 21.1 Å². The zero-order chi connectivity index (χ0) is 21.1. The van der Waals surface area contributed by atoms with Gasteiger partial charge in [0.2, 0.25) is 33.0 Å². The van der Waals surface area contributed by atoms with E-state index in [2.05, 4.69) is 50.0 Å². The van der Waals surface area contributed by atoms with Crippen LogP contribution in [0.1, 0.15) is 0 Å². The number of halogens is 4. The molecule has 0 aliphatic rings. The monoisotopic (exact) mass is 472 g/mol. The molecule has 0 radical (unpaired) electrons. The lowest BCUT2D eigenvalue weighted by molar-refractivity contribution is -0.139. The van der Waals surface area contributed by atoms with E-state index in [1.165, 1.54) is 14.2 Å². The molecule has 0 saturated carbocycles. The van der Waals surface area contributed by atoms with Gasteiger partial charge in [0.25, 0.3) is 0 Å². The predicted molar refractivity (Wildman–Crippen MR) is 101 cm³/mol. The summed E-state index contributed by atoms with van der Waals surface area (Å²) >= 11 is 22.0. The topological polar surface area (TPSA) is 154 Å². The Kier molecular flexibility index (Phi) is 10.4. The Balaban J connectivity index is 0.000000280. The maximum Gasteiger partial charge on any atom is 0.325 e. The Morgan fingerprint density at radius 2 is 0.964 bits per heavy atom. The molecular formula is C12H12Cl4N8O4. The van der Waals surface area contributed by atoms with Crippen molar-refractivity contribution in [2.45, 2.75) is 0 Å². The summed E-state index contributed by atoms with van der Waals surface area (Å²) in [5.74, 6) is -0.642. The highest BCUT2D eigenvalue weighted by atomic mass is 35.5. The second-order valence-corrected chi connectivity index (χ2v) is 5.61. The smallest absolute Gasteiger partial charge is 0.325 e. The number of aromatic nitrogens is 6. The quantitative estimate of drug-likeness (QED) is 0.584. The average molecular weight is 474 g/mol. The van der Waals surface area contributed by atoms with Crippen molar-refractivity contribution in [1.29, 1.82) is 0 Å². The third-order valence-electron chi connectivity index (χ3n) is 2.40. The lowest BCUT2D eigenvalue weighted by Gasteiger charge is -2.02. The van der Waals surface area contributed by atoms with Crippen molar-refractivity contribution >= 4 is 70.2 Å². The molecule has 2 N–H and O–H groups in total. The van der Waals surface area contributed by atoms with Crippen LogP contribution in [0.15, 0.2) is 0 Å². The second-order valence-electron chi connectivity index (χ2n) is 4.25. The van der Waals surface area contributed by atoms with E-state index in [1.807, 2.05) is 0 Å². The van der Waals surface area contributed by atoms with Crippen molar-refractivity contribution in [2.24, 2.45) is 0 Å². The number of hydrogen-bond donors (Lipinski definition) is 2. The van der Waals surface area contributed by atoms with Gasteiger partial charge in [-0.25, -0.2) is 0 Å². The number of anilines is 2. The fraction of sp³-hybridized carbons (Fsp3) is 0.333. The molecule has 16 heteroatoms.